The quantitative estimate of drug-likeness (QED) is 0.178. The zero-order valence-electron chi connectivity index (χ0n) is 19.7. The second-order valence-electron chi connectivity index (χ2n) is 8.69. The average Bonchev–Trinajstić information content (AvgIpc) is 3.22. The second kappa shape index (κ2) is 13.4. The Morgan fingerprint density at radius 2 is 1.49 bits per heavy atom. The van der Waals surface area contributed by atoms with Crippen LogP contribution in [0.3, 0.4) is 0 Å². The summed E-state index contributed by atoms with van der Waals surface area (Å²) in [4.78, 5) is 52.5. The molecule has 0 aliphatic carbocycles. The molecule has 3 amide bonds. The molecule has 1 heterocycles. The SMILES string of the molecule is CC(C)CC(NC(=O)C(CS)NC(=O)C(CS)NC(=O)C(N)Cc1c[nH]c2ccccc12)C(=O)O. The number of aromatic nitrogens is 1. The van der Waals surface area contributed by atoms with E-state index in [-0.39, 0.29) is 30.3 Å². The molecule has 4 atom stereocenters. The predicted octanol–water partition coefficient (Wildman–Crippen LogP) is 0.482. The molecule has 0 radical (unpaired) electrons. The fraction of sp³-hybridized carbons (Fsp3) is 0.478. The van der Waals surface area contributed by atoms with Gasteiger partial charge in [0, 0.05) is 28.6 Å². The maximum atomic E-state index is 12.7. The number of amides is 3. The molecule has 1 aromatic carbocycles. The minimum absolute atomic E-state index is 0.0383. The lowest BCUT2D eigenvalue weighted by molar-refractivity contribution is -0.142. The van der Waals surface area contributed by atoms with Gasteiger partial charge in [0.25, 0.3) is 0 Å². The summed E-state index contributed by atoms with van der Waals surface area (Å²) in [7, 11) is 0. The maximum absolute atomic E-state index is 12.7. The van der Waals surface area contributed by atoms with Gasteiger partial charge in [-0.1, -0.05) is 32.0 Å². The van der Waals surface area contributed by atoms with Crippen molar-refractivity contribution in [2.45, 2.75) is 50.9 Å². The Labute approximate surface area is 215 Å². The van der Waals surface area contributed by atoms with Crippen LogP contribution in [-0.4, -0.2) is 69.5 Å². The van der Waals surface area contributed by atoms with Crippen molar-refractivity contribution in [3.8, 4) is 0 Å². The summed E-state index contributed by atoms with van der Waals surface area (Å²) in [6.45, 7) is 3.67. The number of nitrogens with two attached hydrogens (primary N) is 1. The summed E-state index contributed by atoms with van der Waals surface area (Å²) >= 11 is 8.24. The number of nitrogens with one attached hydrogen (secondary N) is 4. The molecule has 1 aromatic heterocycles. The van der Waals surface area contributed by atoms with Gasteiger partial charge in [-0.05, 0) is 30.4 Å². The van der Waals surface area contributed by atoms with Gasteiger partial charge in [0.05, 0.1) is 6.04 Å². The van der Waals surface area contributed by atoms with Crippen LogP contribution in [0.5, 0.6) is 0 Å². The van der Waals surface area contributed by atoms with Crippen LogP contribution in [0, 0.1) is 5.92 Å². The monoisotopic (exact) mass is 523 g/mol. The van der Waals surface area contributed by atoms with Crippen LogP contribution < -0.4 is 21.7 Å². The molecule has 0 aliphatic rings. The zero-order valence-corrected chi connectivity index (χ0v) is 21.4. The van der Waals surface area contributed by atoms with Crippen LogP contribution in [0.1, 0.15) is 25.8 Å². The number of carbonyl (C=O) groups is 4. The molecule has 0 saturated carbocycles. The molecule has 12 heteroatoms. The van der Waals surface area contributed by atoms with Gasteiger partial charge in [-0.25, -0.2) is 4.79 Å². The zero-order chi connectivity index (χ0) is 26.1. The molecule has 0 aliphatic heterocycles. The number of carboxylic acid groups (broad SMARTS) is 1. The van der Waals surface area contributed by atoms with Crippen molar-refractivity contribution in [1.82, 2.24) is 20.9 Å². The number of hydrogen-bond donors (Lipinski definition) is 8. The topological polar surface area (TPSA) is 166 Å². The molecular weight excluding hydrogens is 490 g/mol. The number of carbonyl (C=O) groups excluding carboxylic acids is 3. The Balaban J connectivity index is 1.97. The van der Waals surface area contributed by atoms with Crippen LogP contribution in [0.25, 0.3) is 10.9 Å². The largest absolute Gasteiger partial charge is 0.480 e. The van der Waals surface area contributed by atoms with E-state index in [0.717, 1.165) is 16.5 Å². The van der Waals surface area contributed by atoms with E-state index in [2.05, 4.69) is 46.2 Å². The van der Waals surface area contributed by atoms with E-state index in [1.807, 2.05) is 38.1 Å². The van der Waals surface area contributed by atoms with E-state index in [1.54, 1.807) is 6.20 Å². The van der Waals surface area contributed by atoms with Gasteiger partial charge in [0.1, 0.15) is 18.1 Å². The predicted molar refractivity (Wildman–Crippen MR) is 141 cm³/mol. The molecule has 35 heavy (non-hydrogen) atoms. The number of para-hydroxylation sites is 1. The maximum Gasteiger partial charge on any atom is 0.326 e. The summed E-state index contributed by atoms with van der Waals surface area (Å²) in [6.07, 6.45) is 2.28. The number of rotatable bonds is 13. The van der Waals surface area contributed by atoms with Crippen LogP contribution in [0.2, 0.25) is 0 Å². The Hall–Kier alpha value is -2.70. The van der Waals surface area contributed by atoms with Gasteiger partial charge in [0.15, 0.2) is 0 Å². The molecular formula is C23H33N5O5S2. The van der Waals surface area contributed by atoms with E-state index < -0.39 is 47.9 Å². The van der Waals surface area contributed by atoms with Crippen molar-refractivity contribution in [2.24, 2.45) is 11.7 Å². The van der Waals surface area contributed by atoms with Gasteiger partial charge in [-0.3, -0.25) is 14.4 Å². The van der Waals surface area contributed by atoms with Crippen LogP contribution in [0.15, 0.2) is 30.5 Å². The standard InChI is InChI=1S/C23H33N5O5S2/c1-12(2)7-17(23(32)33)26-21(30)19(11-35)28-22(31)18(10-34)27-20(29)15(24)8-13-9-25-16-6-4-3-5-14(13)16/h3-6,9,12,15,17-19,25,34-35H,7-8,10-11,24H2,1-2H3,(H,26,30)(H,27,29)(H,28,31)(H,32,33). The van der Waals surface area contributed by atoms with Gasteiger partial charge in [0.2, 0.25) is 17.7 Å². The van der Waals surface area contributed by atoms with Crippen molar-refractivity contribution in [3.63, 3.8) is 0 Å². The third kappa shape index (κ3) is 8.18. The van der Waals surface area contributed by atoms with E-state index >= 15 is 0 Å². The molecule has 0 saturated heterocycles. The Morgan fingerprint density at radius 3 is 2.03 bits per heavy atom. The van der Waals surface area contributed by atoms with Gasteiger partial charge < -0.3 is 31.8 Å². The lowest BCUT2D eigenvalue weighted by atomic mass is 10.0. The summed E-state index contributed by atoms with van der Waals surface area (Å²) < 4.78 is 0. The molecule has 2 aromatic rings. The minimum Gasteiger partial charge on any atom is -0.480 e. The smallest absolute Gasteiger partial charge is 0.326 e. The number of benzene rings is 1. The molecule has 2 rings (SSSR count). The summed E-state index contributed by atoms with van der Waals surface area (Å²) in [5, 5.41) is 17.8. The first-order valence-electron chi connectivity index (χ1n) is 11.2. The van der Waals surface area contributed by atoms with Crippen LogP contribution >= 0.6 is 25.3 Å². The van der Waals surface area contributed by atoms with E-state index in [1.165, 1.54) is 0 Å². The first-order chi connectivity index (χ1) is 16.6. The van der Waals surface area contributed by atoms with E-state index in [4.69, 9.17) is 5.73 Å². The lowest BCUT2D eigenvalue weighted by Gasteiger charge is -2.24. The molecule has 4 unspecified atom stereocenters. The number of hydrogen-bond acceptors (Lipinski definition) is 7. The van der Waals surface area contributed by atoms with Crippen molar-refractivity contribution in [3.05, 3.63) is 36.0 Å². The van der Waals surface area contributed by atoms with E-state index in [0.29, 0.717) is 0 Å². The number of aromatic amines is 1. The highest BCUT2D eigenvalue weighted by atomic mass is 32.1. The molecule has 7 N–H and O–H groups in total. The highest BCUT2D eigenvalue weighted by molar-refractivity contribution is 7.80. The minimum atomic E-state index is -1.17. The van der Waals surface area contributed by atoms with Crippen molar-refractivity contribution >= 4 is 59.9 Å². The number of H-pyrrole nitrogens is 1. The van der Waals surface area contributed by atoms with Crippen molar-refractivity contribution in [2.75, 3.05) is 11.5 Å². The van der Waals surface area contributed by atoms with E-state index in [9.17, 15) is 24.3 Å². The van der Waals surface area contributed by atoms with Crippen LogP contribution in [-0.2, 0) is 25.6 Å². The lowest BCUT2D eigenvalue weighted by Crippen LogP contribution is -2.58. The third-order valence-corrected chi connectivity index (χ3v) is 6.13. The highest BCUT2D eigenvalue weighted by Crippen LogP contribution is 2.18. The highest BCUT2D eigenvalue weighted by Gasteiger charge is 2.29. The molecule has 10 nitrogen and oxygen atoms in total. The number of carboxylic acids is 1. The first-order valence-corrected chi connectivity index (χ1v) is 12.5. The van der Waals surface area contributed by atoms with Crippen molar-refractivity contribution < 1.29 is 24.3 Å². The van der Waals surface area contributed by atoms with Gasteiger partial charge in [-0.15, -0.1) is 0 Å². The Bertz CT molecular complexity index is 1040. The number of fused-ring (bicyclic) bond motifs is 1. The Morgan fingerprint density at radius 1 is 0.943 bits per heavy atom. The molecule has 0 spiro atoms. The fourth-order valence-electron chi connectivity index (χ4n) is 3.53. The summed E-state index contributed by atoms with van der Waals surface area (Å²) in [5.41, 5.74) is 7.89. The number of aliphatic carboxylic acids is 1. The van der Waals surface area contributed by atoms with Gasteiger partial charge in [-0.2, -0.15) is 25.3 Å². The normalized spacial score (nSPS) is 14.7. The second-order valence-corrected chi connectivity index (χ2v) is 9.42. The molecule has 0 bridgehead atoms. The molecule has 192 valence electrons. The average molecular weight is 524 g/mol. The first kappa shape index (κ1) is 28.5. The van der Waals surface area contributed by atoms with Crippen LogP contribution in [0.4, 0.5) is 0 Å². The third-order valence-electron chi connectivity index (χ3n) is 5.40. The molecule has 0 fully saturated rings. The summed E-state index contributed by atoms with van der Waals surface area (Å²) in [6, 6.07) is 3.47. The van der Waals surface area contributed by atoms with Crippen molar-refractivity contribution in [1.29, 1.82) is 0 Å². The summed E-state index contributed by atoms with van der Waals surface area (Å²) in [5.74, 6) is -3.11. The van der Waals surface area contributed by atoms with Gasteiger partial charge >= 0.3 is 5.97 Å². The Kier molecular flexibility index (Phi) is 10.9. The fourth-order valence-corrected chi connectivity index (χ4v) is 4.05. The number of thiol groups is 2.